The summed E-state index contributed by atoms with van der Waals surface area (Å²) in [5, 5.41) is 17.0. The van der Waals surface area contributed by atoms with Crippen LogP contribution in [0.25, 0.3) is 0 Å². The normalized spacial score (nSPS) is 14.2. The molecule has 0 aliphatic rings. The maximum Gasteiger partial charge on any atom is 0.0891 e. The van der Waals surface area contributed by atoms with Crippen molar-refractivity contribution in [1.82, 2.24) is 0 Å². The molecule has 88 valence electrons. The van der Waals surface area contributed by atoms with E-state index in [4.69, 9.17) is 10.5 Å². The highest BCUT2D eigenvalue weighted by Gasteiger charge is 2.20. The number of hydrogen-bond acceptors (Lipinski definition) is 3. The maximum absolute atomic E-state index is 12.4. The summed E-state index contributed by atoms with van der Waals surface area (Å²) in [6, 6.07) is 4.11. The highest BCUT2D eigenvalue weighted by atomic mass is 31.2. The first-order chi connectivity index (χ1) is 7.68. The summed E-state index contributed by atoms with van der Waals surface area (Å²) in [6.07, 6.45) is 8.06. The van der Waals surface area contributed by atoms with E-state index < -0.39 is 7.14 Å². The Kier molecular flexibility index (Phi) is 8.59. The lowest BCUT2D eigenvalue weighted by Crippen LogP contribution is -2.00. The second-order valence-electron chi connectivity index (χ2n) is 3.76. The Bertz CT molecular complexity index is 336. The van der Waals surface area contributed by atoms with Crippen LogP contribution in [0.4, 0.5) is 0 Å². The molecule has 0 saturated heterocycles. The van der Waals surface area contributed by atoms with Crippen molar-refractivity contribution in [2.24, 2.45) is 0 Å². The van der Waals surface area contributed by atoms with Crippen LogP contribution in [-0.4, -0.2) is 18.5 Å². The third-order valence-corrected chi connectivity index (χ3v) is 5.67. The van der Waals surface area contributed by atoms with E-state index in [0.717, 1.165) is 6.42 Å². The van der Waals surface area contributed by atoms with Crippen LogP contribution < -0.4 is 0 Å². The molecule has 0 heterocycles. The summed E-state index contributed by atoms with van der Waals surface area (Å²) in [5.41, 5.74) is 0. The SMILES string of the molecule is C/C=C/CCP(=O)(CCC#N)CCCC#N. The van der Waals surface area contributed by atoms with Gasteiger partial charge in [-0.15, -0.1) is 0 Å². The quantitative estimate of drug-likeness (QED) is 0.369. The molecule has 0 aromatic carbocycles. The van der Waals surface area contributed by atoms with Gasteiger partial charge < -0.3 is 4.57 Å². The van der Waals surface area contributed by atoms with Crippen molar-refractivity contribution in [2.45, 2.75) is 32.6 Å². The minimum absolute atomic E-state index is 0.361. The van der Waals surface area contributed by atoms with Gasteiger partial charge in [0.1, 0.15) is 0 Å². The topological polar surface area (TPSA) is 64.7 Å². The van der Waals surface area contributed by atoms with Crippen molar-refractivity contribution in [1.29, 1.82) is 10.5 Å². The van der Waals surface area contributed by atoms with E-state index in [0.29, 0.717) is 37.7 Å². The van der Waals surface area contributed by atoms with Crippen molar-refractivity contribution in [3.8, 4) is 12.1 Å². The molecular formula is C12H19N2OP. The second kappa shape index (κ2) is 9.20. The maximum atomic E-state index is 12.4. The number of nitriles is 2. The summed E-state index contributed by atoms with van der Waals surface area (Å²) < 4.78 is 12.4. The van der Waals surface area contributed by atoms with Crippen LogP contribution in [0.3, 0.4) is 0 Å². The third kappa shape index (κ3) is 7.27. The first-order valence-electron chi connectivity index (χ1n) is 5.60. The summed E-state index contributed by atoms with van der Waals surface area (Å²) >= 11 is 0. The van der Waals surface area contributed by atoms with Gasteiger partial charge in [0.15, 0.2) is 0 Å². The van der Waals surface area contributed by atoms with E-state index in [1.807, 2.05) is 25.1 Å². The van der Waals surface area contributed by atoms with E-state index in [2.05, 4.69) is 6.07 Å². The summed E-state index contributed by atoms with van der Waals surface area (Å²) in [4.78, 5) is 0. The molecule has 4 heteroatoms. The van der Waals surface area contributed by atoms with Gasteiger partial charge in [0, 0.05) is 31.3 Å². The van der Waals surface area contributed by atoms with Crippen LogP contribution in [-0.2, 0) is 4.57 Å². The molecule has 0 aromatic rings. The van der Waals surface area contributed by atoms with Crippen LogP contribution >= 0.6 is 7.14 Å². The van der Waals surface area contributed by atoms with Crippen LogP contribution in [0.2, 0.25) is 0 Å². The Morgan fingerprint density at radius 1 is 1.12 bits per heavy atom. The Labute approximate surface area is 98.1 Å². The largest absolute Gasteiger partial charge is 0.324 e. The minimum atomic E-state index is -2.22. The fraction of sp³-hybridized carbons (Fsp3) is 0.667. The number of hydrogen-bond donors (Lipinski definition) is 0. The molecule has 1 unspecified atom stereocenters. The van der Waals surface area contributed by atoms with E-state index in [1.165, 1.54) is 0 Å². The second-order valence-corrected chi connectivity index (χ2v) is 7.21. The Morgan fingerprint density at radius 2 is 1.81 bits per heavy atom. The Balaban J connectivity index is 4.20. The fourth-order valence-corrected chi connectivity index (χ4v) is 4.04. The fourth-order valence-electron chi connectivity index (χ4n) is 1.51. The van der Waals surface area contributed by atoms with Crippen molar-refractivity contribution in [3.63, 3.8) is 0 Å². The molecule has 0 radical (unpaired) electrons. The zero-order valence-corrected chi connectivity index (χ0v) is 10.7. The van der Waals surface area contributed by atoms with Gasteiger partial charge >= 0.3 is 0 Å². The molecule has 0 saturated carbocycles. The lowest BCUT2D eigenvalue weighted by molar-refractivity contribution is 0.572. The monoisotopic (exact) mass is 238 g/mol. The Morgan fingerprint density at radius 3 is 2.38 bits per heavy atom. The number of rotatable bonds is 8. The predicted octanol–water partition coefficient (Wildman–Crippen LogP) is 3.53. The van der Waals surface area contributed by atoms with Gasteiger partial charge in [-0.2, -0.15) is 10.5 Å². The van der Waals surface area contributed by atoms with Gasteiger partial charge in [-0.25, -0.2) is 0 Å². The van der Waals surface area contributed by atoms with Crippen molar-refractivity contribution < 1.29 is 4.57 Å². The molecular weight excluding hydrogens is 219 g/mol. The van der Waals surface area contributed by atoms with E-state index in [-0.39, 0.29) is 0 Å². The minimum Gasteiger partial charge on any atom is -0.324 e. The molecule has 0 fully saturated rings. The molecule has 0 bridgehead atoms. The zero-order valence-electron chi connectivity index (χ0n) is 9.85. The number of nitrogens with zero attached hydrogens (tertiary/aromatic N) is 2. The number of unbranched alkanes of at least 4 members (excludes halogenated alkanes) is 1. The average Bonchev–Trinajstić information content (AvgIpc) is 2.27. The van der Waals surface area contributed by atoms with Gasteiger partial charge in [0.05, 0.1) is 19.3 Å². The van der Waals surface area contributed by atoms with Crippen molar-refractivity contribution in [2.75, 3.05) is 18.5 Å². The first kappa shape index (κ1) is 14.9. The summed E-state index contributed by atoms with van der Waals surface area (Å²) in [7, 11) is -2.22. The van der Waals surface area contributed by atoms with Crippen LogP contribution in [0.5, 0.6) is 0 Å². The molecule has 0 amide bonds. The van der Waals surface area contributed by atoms with Crippen LogP contribution in [0, 0.1) is 22.7 Å². The van der Waals surface area contributed by atoms with Gasteiger partial charge in [-0.1, -0.05) is 12.2 Å². The van der Waals surface area contributed by atoms with Gasteiger partial charge in [-0.05, 0) is 19.8 Å². The highest BCUT2D eigenvalue weighted by Crippen LogP contribution is 2.47. The van der Waals surface area contributed by atoms with Crippen LogP contribution in [0.15, 0.2) is 12.2 Å². The predicted molar refractivity (Wildman–Crippen MR) is 66.7 cm³/mol. The van der Waals surface area contributed by atoms with Crippen molar-refractivity contribution >= 4 is 7.14 Å². The van der Waals surface area contributed by atoms with Crippen molar-refractivity contribution in [3.05, 3.63) is 12.2 Å². The average molecular weight is 238 g/mol. The van der Waals surface area contributed by atoms with E-state index in [1.54, 1.807) is 0 Å². The third-order valence-electron chi connectivity index (χ3n) is 2.42. The molecule has 0 N–H and O–H groups in total. The van der Waals surface area contributed by atoms with E-state index in [9.17, 15) is 4.57 Å². The summed E-state index contributed by atoms with van der Waals surface area (Å²) in [5.74, 6) is 0. The Hall–Kier alpha value is -1.05. The molecule has 1 atom stereocenters. The van der Waals surface area contributed by atoms with Gasteiger partial charge in [0.2, 0.25) is 0 Å². The first-order valence-corrected chi connectivity index (χ1v) is 7.87. The van der Waals surface area contributed by atoms with Gasteiger partial charge in [-0.3, -0.25) is 0 Å². The van der Waals surface area contributed by atoms with Gasteiger partial charge in [0.25, 0.3) is 0 Å². The number of allylic oxidation sites excluding steroid dienone is 2. The summed E-state index contributed by atoms with van der Waals surface area (Å²) in [6.45, 7) is 1.94. The molecule has 0 aliphatic carbocycles. The standard InChI is InChI=1S/C12H19N2OP/c1-2-3-5-10-16(15,12-7-9-14)11-6-4-8-13/h2-3H,4-7,10-12H2,1H3/b3-2+. The molecule has 0 aromatic heterocycles. The molecule has 3 nitrogen and oxygen atoms in total. The smallest absolute Gasteiger partial charge is 0.0891 e. The zero-order chi connectivity index (χ0) is 12.3. The van der Waals surface area contributed by atoms with Crippen LogP contribution in [0.1, 0.15) is 32.6 Å². The molecule has 0 rings (SSSR count). The molecule has 0 aliphatic heterocycles. The van der Waals surface area contributed by atoms with E-state index >= 15 is 0 Å². The molecule has 0 spiro atoms. The highest BCUT2D eigenvalue weighted by molar-refractivity contribution is 7.63. The lowest BCUT2D eigenvalue weighted by atomic mass is 10.4. The lowest BCUT2D eigenvalue weighted by Gasteiger charge is -2.15. The molecule has 16 heavy (non-hydrogen) atoms.